The Morgan fingerprint density at radius 1 is 1.07 bits per heavy atom. The van der Waals surface area contributed by atoms with E-state index < -0.39 is 0 Å². The van der Waals surface area contributed by atoms with Crippen molar-refractivity contribution in [3.8, 4) is 0 Å². The highest BCUT2D eigenvalue weighted by atomic mass is 16.2. The van der Waals surface area contributed by atoms with Crippen molar-refractivity contribution in [3.63, 3.8) is 0 Å². The van der Waals surface area contributed by atoms with E-state index in [2.05, 4.69) is 53.5 Å². The SMILES string of the molecule is CCN(Cc1ccccc1)c1ccc(C(=O)N2CCC(CCNC)CC2)cc1. The van der Waals surface area contributed by atoms with Crippen LogP contribution in [-0.4, -0.2) is 44.0 Å². The second-order valence-electron chi connectivity index (χ2n) is 7.67. The average molecular weight is 380 g/mol. The van der Waals surface area contributed by atoms with E-state index in [1.165, 1.54) is 12.0 Å². The zero-order chi connectivity index (χ0) is 19.8. The number of anilines is 1. The Kier molecular flexibility index (Phi) is 7.49. The number of amides is 1. The van der Waals surface area contributed by atoms with Crippen LogP contribution in [0.5, 0.6) is 0 Å². The van der Waals surface area contributed by atoms with Crippen LogP contribution >= 0.6 is 0 Å². The van der Waals surface area contributed by atoms with Crippen LogP contribution in [0.1, 0.15) is 42.1 Å². The Hall–Kier alpha value is -2.33. The molecular weight excluding hydrogens is 346 g/mol. The molecule has 1 aliphatic heterocycles. The molecule has 3 rings (SSSR count). The fourth-order valence-electron chi connectivity index (χ4n) is 3.96. The molecule has 0 atom stereocenters. The summed E-state index contributed by atoms with van der Waals surface area (Å²) >= 11 is 0. The molecule has 4 heteroatoms. The Bertz CT molecular complexity index is 721. The van der Waals surface area contributed by atoms with Gasteiger partial charge < -0.3 is 15.1 Å². The number of carbonyl (C=O) groups is 1. The van der Waals surface area contributed by atoms with Crippen molar-refractivity contribution < 1.29 is 4.79 Å². The lowest BCUT2D eigenvalue weighted by Crippen LogP contribution is -2.39. The van der Waals surface area contributed by atoms with Crippen LogP contribution in [0, 0.1) is 5.92 Å². The quantitative estimate of drug-likeness (QED) is 0.747. The third-order valence-electron chi connectivity index (χ3n) is 5.78. The van der Waals surface area contributed by atoms with Gasteiger partial charge in [-0.05, 0) is 75.5 Å². The molecule has 1 fully saturated rings. The van der Waals surface area contributed by atoms with E-state index >= 15 is 0 Å². The lowest BCUT2D eigenvalue weighted by atomic mass is 9.93. The molecular formula is C24H33N3O. The molecule has 1 amide bonds. The van der Waals surface area contributed by atoms with E-state index in [0.29, 0.717) is 0 Å². The molecule has 0 unspecified atom stereocenters. The van der Waals surface area contributed by atoms with Gasteiger partial charge in [-0.3, -0.25) is 4.79 Å². The number of carbonyl (C=O) groups excluding carboxylic acids is 1. The van der Waals surface area contributed by atoms with Crippen molar-refractivity contribution in [1.82, 2.24) is 10.2 Å². The Morgan fingerprint density at radius 2 is 1.75 bits per heavy atom. The summed E-state index contributed by atoms with van der Waals surface area (Å²) in [5.74, 6) is 0.916. The number of likely N-dealkylation sites (tertiary alicyclic amines) is 1. The number of nitrogens with one attached hydrogen (secondary N) is 1. The molecule has 0 spiro atoms. The normalized spacial score (nSPS) is 14.9. The fourth-order valence-corrected chi connectivity index (χ4v) is 3.96. The number of piperidine rings is 1. The van der Waals surface area contributed by atoms with Crippen molar-refractivity contribution in [3.05, 3.63) is 65.7 Å². The predicted octanol–water partition coefficient (Wildman–Crippen LogP) is 4.17. The first-order valence-corrected chi connectivity index (χ1v) is 10.5. The van der Waals surface area contributed by atoms with Gasteiger partial charge in [-0.1, -0.05) is 30.3 Å². The summed E-state index contributed by atoms with van der Waals surface area (Å²) in [4.78, 5) is 17.2. The Balaban J connectivity index is 1.58. The summed E-state index contributed by atoms with van der Waals surface area (Å²) in [5, 5.41) is 3.22. The molecule has 0 aliphatic carbocycles. The van der Waals surface area contributed by atoms with Crippen LogP contribution in [0.4, 0.5) is 5.69 Å². The summed E-state index contributed by atoms with van der Waals surface area (Å²) in [6.07, 6.45) is 3.44. The van der Waals surface area contributed by atoms with Crippen LogP contribution in [0.2, 0.25) is 0 Å². The second kappa shape index (κ2) is 10.3. The minimum Gasteiger partial charge on any atom is -0.367 e. The topological polar surface area (TPSA) is 35.6 Å². The van der Waals surface area contributed by atoms with E-state index in [1.54, 1.807) is 0 Å². The first-order chi connectivity index (χ1) is 13.7. The van der Waals surface area contributed by atoms with Crippen LogP contribution in [-0.2, 0) is 6.54 Å². The molecule has 2 aromatic carbocycles. The molecule has 28 heavy (non-hydrogen) atoms. The average Bonchev–Trinajstić information content (AvgIpc) is 2.77. The largest absolute Gasteiger partial charge is 0.367 e. The zero-order valence-electron chi connectivity index (χ0n) is 17.2. The molecule has 0 aromatic heterocycles. The fraction of sp³-hybridized carbons (Fsp3) is 0.458. The first kappa shape index (κ1) is 20.4. The molecule has 2 aromatic rings. The summed E-state index contributed by atoms with van der Waals surface area (Å²) < 4.78 is 0. The van der Waals surface area contributed by atoms with Gasteiger partial charge in [0.2, 0.25) is 0 Å². The van der Waals surface area contributed by atoms with Gasteiger partial charge >= 0.3 is 0 Å². The van der Waals surface area contributed by atoms with E-state index in [4.69, 9.17) is 0 Å². The molecule has 1 saturated heterocycles. The summed E-state index contributed by atoms with van der Waals surface area (Å²) in [7, 11) is 2.00. The Labute approximate surface area is 169 Å². The molecule has 150 valence electrons. The third-order valence-corrected chi connectivity index (χ3v) is 5.78. The minimum atomic E-state index is 0.171. The van der Waals surface area contributed by atoms with Crippen LogP contribution in [0.3, 0.4) is 0 Å². The van der Waals surface area contributed by atoms with E-state index in [-0.39, 0.29) is 5.91 Å². The maximum absolute atomic E-state index is 12.9. The van der Waals surface area contributed by atoms with E-state index in [0.717, 1.165) is 62.7 Å². The van der Waals surface area contributed by atoms with Crippen molar-refractivity contribution in [2.75, 3.05) is 38.1 Å². The van der Waals surface area contributed by atoms with Crippen LogP contribution in [0.25, 0.3) is 0 Å². The summed E-state index contributed by atoms with van der Waals surface area (Å²) in [6.45, 7) is 6.80. The number of benzene rings is 2. The van der Waals surface area contributed by atoms with Gasteiger partial charge in [0.1, 0.15) is 0 Å². The van der Waals surface area contributed by atoms with Gasteiger partial charge in [-0.15, -0.1) is 0 Å². The van der Waals surface area contributed by atoms with Crippen molar-refractivity contribution in [1.29, 1.82) is 0 Å². The predicted molar refractivity (Wildman–Crippen MR) is 117 cm³/mol. The maximum Gasteiger partial charge on any atom is 0.253 e. The minimum absolute atomic E-state index is 0.171. The lowest BCUT2D eigenvalue weighted by Gasteiger charge is -2.32. The smallest absolute Gasteiger partial charge is 0.253 e. The van der Waals surface area contributed by atoms with Gasteiger partial charge in [0.05, 0.1) is 0 Å². The lowest BCUT2D eigenvalue weighted by molar-refractivity contribution is 0.0687. The summed E-state index contributed by atoms with van der Waals surface area (Å²) in [6, 6.07) is 18.6. The summed E-state index contributed by atoms with van der Waals surface area (Å²) in [5.41, 5.74) is 3.26. The van der Waals surface area contributed by atoms with Crippen molar-refractivity contribution in [2.24, 2.45) is 5.92 Å². The number of nitrogens with zero attached hydrogens (tertiary/aromatic N) is 2. The van der Waals surface area contributed by atoms with Gasteiger partial charge in [0.15, 0.2) is 0 Å². The molecule has 1 heterocycles. The standard InChI is InChI=1S/C24H33N3O/c1-3-26(19-21-7-5-4-6-8-21)23-11-9-22(10-12-23)24(28)27-17-14-20(15-18-27)13-16-25-2/h4-12,20,25H,3,13-19H2,1-2H3. The van der Waals surface area contributed by atoms with Gasteiger partial charge in [0, 0.05) is 37.4 Å². The van der Waals surface area contributed by atoms with Crippen molar-refractivity contribution in [2.45, 2.75) is 32.7 Å². The first-order valence-electron chi connectivity index (χ1n) is 10.5. The molecule has 0 radical (unpaired) electrons. The number of rotatable bonds is 8. The van der Waals surface area contributed by atoms with E-state index in [9.17, 15) is 4.79 Å². The third kappa shape index (κ3) is 5.35. The maximum atomic E-state index is 12.9. The highest BCUT2D eigenvalue weighted by Gasteiger charge is 2.23. The number of hydrogen-bond donors (Lipinski definition) is 1. The highest BCUT2D eigenvalue weighted by molar-refractivity contribution is 5.94. The monoisotopic (exact) mass is 379 g/mol. The molecule has 4 nitrogen and oxygen atoms in total. The zero-order valence-corrected chi connectivity index (χ0v) is 17.2. The molecule has 1 N–H and O–H groups in total. The molecule has 0 bridgehead atoms. The van der Waals surface area contributed by atoms with E-state index in [1.807, 2.05) is 30.1 Å². The van der Waals surface area contributed by atoms with Crippen molar-refractivity contribution >= 4 is 11.6 Å². The van der Waals surface area contributed by atoms with Gasteiger partial charge in [-0.25, -0.2) is 0 Å². The second-order valence-corrected chi connectivity index (χ2v) is 7.67. The number of hydrogen-bond acceptors (Lipinski definition) is 3. The van der Waals surface area contributed by atoms with Crippen LogP contribution < -0.4 is 10.2 Å². The molecule has 1 aliphatic rings. The van der Waals surface area contributed by atoms with Gasteiger partial charge in [-0.2, -0.15) is 0 Å². The molecule has 0 saturated carbocycles. The highest BCUT2D eigenvalue weighted by Crippen LogP contribution is 2.23. The van der Waals surface area contributed by atoms with Gasteiger partial charge in [0.25, 0.3) is 5.91 Å². The van der Waals surface area contributed by atoms with Crippen LogP contribution in [0.15, 0.2) is 54.6 Å². The Morgan fingerprint density at radius 3 is 2.36 bits per heavy atom.